The van der Waals surface area contributed by atoms with E-state index in [4.69, 9.17) is 0 Å². The molecule has 2 atom stereocenters. The van der Waals surface area contributed by atoms with E-state index >= 15 is 0 Å². The summed E-state index contributed by atoms with van der Waals surface area (Å²) in [5.74, 6) is 5.48. The van der Waals surface area contributed by atoms with Gasteiger partial charge in [0.1, 0.15) is 6.10 Å². The van der Waals surface area contributed by atoms with Gasteiger partial charge in [-0.25, -0.2) is 0 Å². The van der Waals surface area contributed by atoms with Gasteiger partial charge in [-0.2, -0.15) is 0 Å². The Kier molecular flexibility index (Phi) is 3.41. The molecule has 0 spiro atoms. The molecule has 2 unspecified atom stereocenters. The van der Waals surface area contributed by atoms with Gasteiger partial charge in [-0.1, -0.05) is 12.3 Å². The first kappa shape index (κ1) is 8.58. The van der Waals surface area contributed by atoms with Gasteiger partial charge >= 0.3 is 0 Å². The molecular weight excluding hydrogens is 138 g/mol. The van der Waals surface area contributed by atoms with Crippen LogP contribution in [0.2, 0.25) is 0 Å². The monoisotopic (exact) mass is 153 g/mol. The molecule has 2 nitrogen and oxygen atoms in total. The smallest absolute Gasteiger partial charge is 0.129 e. The molecule has 1 rings (SSSR count). The maximum Gasteiger partial charge on any atom is 0.129 e. The Labute approximate surface area is 68.0 Å². The van der Waals surface area contributed by atoms with Crippen molar-refractivity contribution in [2.24, 2.45) is 0 Å². The van der Waals surface area contributed by atoms with Gasteiger partial charge in [0.15, 0.2) is 0 Å². The average Bonchev–Trinajstić information content (AvgIpc) is 2.07. The molecule has 2 N–H and O–H groups in total. The first-order valence-electron chi connectivity index (χ1n) is 4.18. The number of piperidine rings is 1. The van der Waals surface area contributed by atoms with Gasteiger partial charge in [0.05, 0.1) is 0 Å². The molecule has 0 bridgehead atoms. The van der Waals surface area contributed by atoms with Crippen molar-refractivity contribution in [1.82, 2.24) is 5.32 Å². The molecule has 1 saturated heterocycles. The van der Waals surface area contributed by atoms with Crippen LogP contribution in [-0.4, -0.2) is 23.8 Å². The van der Waals surface area contributed by atoms with E-state index in [1.807, 2.05) is 0 Å². The van der Waals surface area contributed by atoms with Crippen LogP contribution in [-0.2, 0) is 0 Å². The molecule has 0 aromatic heterocycles. The van der Waals surface area contributed by atoms with E-state index < -0.39 is 6.10 Å². The van der Waals surface area contributed by atoms with Crippen LogP contribution in [0.15, 0.2) is 0 Å². The Balaban J connectivity index is 2.36. The Morgan fingerprint density at radius 2 is 2.36 bits per heavy atom. The van der Waals surface area contributed by atoms with Crippen molar-refractivity contribution in [3.63, 3.8) is 0 Å². The van der Waals surface area contributed by atoms with Crippen molar-refractivity contribution in [3.8, 4) is 11.8 Å². The Hall–Kier alpha value is -0.520. The first-order valence-corrected chi connectivity index (χ1v) is 4.18. The molecule has 0 aromatic rings. The van der Waals surface area contributed by atoms with Crippen LogP contribution in [0.5, 0.6) is 0 Å². The first-order chi connectivity index (χ1) is 5.34. The van der Waals surface area contributed by atoms with Crippen molar-refractivity contribution in [3.05, 3.63) is 0 Å². The van der Waals surface area contributed by atoms with Crippen molar-refractivity contribution in [1.29, 1.82) is 0 Å². The highest BCUT2D eigenvalue weighted by Gasteiger charge is 2.18. The molecule has 62 valence electrons. The van der Waals surface area contributed by atoms with Gasteiger partial charge in [-0.15, -0.1) is 5.92 Å². The van der Waals surface area contributed by atoms with Gasteiger partial charge in [0, 0.05) is 6.04 Å². The summed E-state index contributed by atoms with van der Waals surface area (Å²) in [5, 5.41) is 12.7. The van der Waals surface area contributed by atoms with Crippen LogP contribution in [0.1, 0.15) is 26.2 Å². The number of hydrogen-bond donors (Lipinski definition) is 2. The van der Waals surface area contributed by atoms with Crippen molar-refractivity contribution >= 4 is 0 Å². The predicted octanol–water partition coefficient (Wildman–Crippen LogP) is 0.513. The van der Waals surface area contributed by atoms with Gasteiger partial charge in [0.2, 0.25) is 0 Å². The van der Waals surface area contributed by atoms with E-state index in [0.717, 1.165) is 13.0 Å². The lowest BCUT2D eigenvalue weighted by atomic mass is 10.0. The summed E-state index contributed by atoms with van der Waals surface area (Å²) in [6.07, 6.45) is 3.01. The van der Waals surface area contributed by atoms with Gasteiger partial charge < -0.3 is 10.4 Å². The molecule has 0 amide bonds. The molecule has 2 heteroatoms. The van der Waals surface area contributed by atoms with E-state index in [1.165, 1.54) is 12.8 Å². The summed E-state index contributed by atoms with van der Waals surface area (Å²) in [6.45, 7) is 2.78. The van der Waals surface area contributed by atoms with E-state index in [0.29, 0.717) is 0 Å². The average molecular weight is 153 g/mol. The zero-order chi connectivity index (χ0) is 8.10. The molecule has 1 aliphatic heterocycles. The SMILES string of the molecule is CC#CC(O)C1CCCCN1. The minimum Gasteiger partial charge on any atom is -0.379 e. The maximum absolute atomic E-state index is 9.44. The molecule has 1 fully saturated rings. The molecule has 0 radical (unpaired) electrons. The van der Waals surface area contributed by atoms with Gasteiger partial charge in [0.25, 0.3) is 0 Å². The fraction of sp³-hybridized carbons (Fsp3) is 0.778. The van der Waals surface area contributed by atoms with Crippen LogP contribution in [0.3, 0.4) is 0 Å². The maximum atomic E-state index is 9.44. The van der Waals surface area contributed by atoms with Crippen LogP contribution in [0.4, 0.5) is 0 Å². The molecule has 11 heavy (non-hydrogen) atoms. The topological polar surface area (TPSA) is 32.3 Å². The molecule has 0 aliphatic carbocycles. The molecule has 1 heterocycles. The Morgan fingerprint density at radius 1 is 1.55 bits per heavy atom. The molecular formula is C9H15NO. The number of aliphatic hydroxyl groups excluding tert-OH is 1. The van der Waals surface area contributed by atoms with E-state index in [1.54, 1.807) is 6.92 Å². The van der Waals surface area contributed by atoms with Crippen molar-refractivity contribution in [2.45, 2.75) is 38.3 Å². The van der Waals surface area contributed by atoms with Crippen LogP contribution < -0.4 is 5.32 Å². The van der Waals surface area contributed by atoms with Crippen LogP contribution in [0, 0.1) is 11.8 Å². The second kappa shape index (κ2) is 4.38. The third kappa shape index (κ3) is 2.53. The standard InChI is InChI=1S/C9H15NO/c1-2-5-9(11)8-6-3-4-7-10-8/h8-11H,3-4,6-7H2,1H3. The quantitative estimate of drug-likeness (QED) is 0.538. The van der Waals surface area contributed by atoms with Crippen molar-refractivity contribution in [2.75, 3.05) is 6.54 Å². The van der Waals surface area contributed by atoms with Gasteiger partial charge in [-0.3, -0.25) is 0 Å². The molecule has 0 saturated carbocycles. The minimum absolute atomic E-state index is 0.205. The second-order valence-corrected chi connectivity index (χ2v) is 2.90. The molecule has 1 aliphatic rings. The molecule has 0 aromatic carbocycles. The summed E-state index contributed by atoms with van der Waals surface area (Å²) in [5.41, 5.74) is 0. The number of aliphatic hydroxyl groups is 1. The highest BCUT2D eigenvalue weighted by molar-refractivity contribution is 5.06. The summed E-state index contributed by atoms with van der Waals surface area (Å²) < 4.78 is 0. The zero-order valence-electron chi connectivity index (χ0n) is 6.93. The van der Waals surface area contributed by atoms with Crippen LogP contribution in [0.25, 0.3) is 0 Å². The van der Waals surface area contributed by atoms with E-state index in [2.05, 4.69) is 17.2 Å². The number of nitrogens with one attached hydrogen (secondary N) is 1. The van der Waals surface area contributed by atoms with E-state index in [-0.39, 0.29) is 6.04 Å². The lowest BCUT2D eigenvalue weighted by Crippen LogP contribution is -2.42. The minimum atomic E-state index is -0.472. The number of rotatable bonds is 1. The Morgan fingerprint density at radius 3 is 2.91 bits per heavy atom. The highest BCUT2D eigenvalue weighted by Crippen LogP contribution is 2.09. The summed E-state index contributed by atoms with van der Waals surface area (Å²) in [6, 6.07) is 0.205. The van der Waals surface area contributed by atoms with Crippen LogP contribution >= 0.6 is 0 Å². The largest absolute Gasteiger partial charge is 0.379 e. The fourth-order valence-electron chi connectivity index (χ4n) is 1.40. The summed E-state index contributed by atoms with van der Waals surface area (Å²) >= 11 is 0. The predicted molar refractivity (Wildman–Crippen MR) is 45.1 cm³/mol. The summed E-state index contributed by atoms with van der Waals surface area (Å²) in [4.78, 5) is 0. The normalized spacial score (nSPS) is 26.9. The third-order valence-electron chi connectivity index (χ3n) is 2.02. The van der Waals surface area contributed by atoms with Gasteiger partial charge in [-0.05, 0) is 26.3 Å². The van der Waals surface area contributed by atoms with E-state index in [9.17, 15) is 5.11 Å². The lowest BCUT2D eigenvalue weighted by Gasteiger charge is -2.24. The second-order valence-electron chi connectivity index (χ2n) is 2.90. The highest BCUT2D eigenvalue weighted by atomic mass is 16.3. The summed E-state index contributed by atoms with van der Waals surface area (Å²) in [7, 11) is 0. The fourth-order valence-corrected chi connectivity index (χ4v) is 1.40. The third-order valence-corrected chi connectivity index (χ3v) is 2.02. The van der Waals surface area contributed by atoms with Crippen molar-refractivity contribution < 1.29 is 5.11 Å². The lowest BCUT2D eigenvalue weighted by molar-refractivity contribution is 0.162. The Bertz CT molecular complexity index is 162. The number of hydrogen-bond acceptors (Lipinski definition) is 2. The zero-order valence-corrected chi connectivity index (χ0v) is 6.93.